The Balaban J connectivity index is 1.91. The first-order chi connectivity index (χ1) is 9.76. The molecule has 4 rings (SSSR count). The molecule has 102 valence electrons. The van der Waals surface area contributed by atoms with Gasteiger partial charge in [-0.15, -0.1) is 10.2 Å². The number of rotatable bonds is 2. The number of nitrogens with zero attached hydrogens (tertiary/aromatic N) is 6. The molecule has 1 fully saturated rings. The second-order valence-corrected chi connectivity index (χ2v) is 5.87. The first kappa shape index (κ1) is 12.0. The number of likely N-dealkylation sites (N-methyl/N-ethyl adjacent to an activating group) is 1. The number of quaternary nitrogens is 1. The summed E-state index contributed by atoms with van der Waals surface area (Å²) in [7, 11) is 2.10. The third-order valence-corrected chi connectivity index (χ3v) is 4.15. The third kappa shape index (κ3) is 1.68. The van der Waals surface area contributed by atoms with Crippen molar-refractivity contribution < 1.29 is 5.32 Å². The zero-order chi connectivity index (χ0) is 13.7. The van der Waals surface area contributed by atoms with Crippen LogP contribution in [-0.4, -0.2) is 50.7 Å². The number of aromatic nitrogens is 5. The molecule has 0 saturated carbocycles. The molecule has 1 aliphatic heterocycles. The van der Waals surface area contributed by atoms with Crippen molar-refractivity contribution in [1.82, 2.24) is 24.6 Å². The fraction of sp³-hybridized carbons (Fsp3) is 0.333. The van der Waals surface area contributed by atoms with E-state index in [1.54, 1.807) is 12.5 Å². The lowest BCUT2D eigenvalue weighted by Crippen LogP contribution is -2.93. The van der Waals surface area contributed by atoms with Crippen molar-refractivity contribution in [1.29, 1.82) is 0 Å². The number of nitrogens with two attached hydrogens (primary N) is 1. The number of hydrogen-bond acceptors (Lipinski definition) is 5. The van der Waals surface area contributed by atoms with Gasteiger partial charge in [-0.1, -0.05) is 0 Å². The lowest BCUT2D eigenvalue weighted by Gasteiger charge is -2.37. The zero-order valence-electron chi connectivity index (χ0n) is 10.9. The SMILES string of the molecule is C[NH2+]C1CN(c2nc3ncc(Br)cc3n3cnnc23)C1. The lowest BCUT2D eigenvalue weighted by molar-refractivity contribution is -0.665. The molecule has 0 aromatic carbocycles. The van der Waals surface area contributed by atoms with Crippen LogP contribution in [0.5, 0.6) is 0 Å². The minimum absolute atomic E-state index is 0.633. The summed E-state index contributed by atoms with van der Waals surface area (Å²) in [4.78, 5) is 11.3. The summed E-state index contributed by atoms with van der Waals surface area (Å²) in [6, 6.07) is 2.61. The highest BCUT2D eigenvalue weighted by Gasteiger charge is 2.31. The van der Waals surface area contributed by atoms with Crippen LogP contribution >= 0.6 is 15.9 Å². The van der Waals surface area contributed by atoms with Crippen LogP contribution in [0.4, 0.5) is 5.82 Å². The van der Waals surface area contributed by atoms with Crippen molar-refractivity contribution in [2.24, 2.45) is 0 Å². The van der Waals surface area contributed by atoms with Gasteiger partial charge in [0.15, 0.2) is 11.5 Å². The van der Waals surface area contributed by atoms with Gasteiger partial charge in [0, 0.05) is 10.7 Å². The van der Waals surface area contributed by atoms with Crippen molar-refractivity contribution in [2.75, 3.05) is 25.0 Å². The van der Waals surface area contributed by atoms with Gasteiger partial charge in [-0.3, -0.25) is 4.40 Å². The van der Waals surface area contributed by atoms with Crippen molar-refractivity contribution >= 4 is 38.6 Å². The molecule has 0 atom stereocenters. The van der Waals surface area contributed by atoms with Gasteiger partial charge in [0.1, 0.15) is 12.4 Å². The van der Waals surface area contributed by atoms with Gasteiger partial charge < -0.3 is 10.2 Å². The van der Waals surface area contributed by atoms with Crippen molar-refractivity contribution in [3.63, 3.8) is 0 Å². The van der Waals surface area contributed by atoms with Gasteiger partial charge in [-0.2, -0.15) is 0 Å². The smallest absolute Gasteiger partial charge is 0.204 e. The van der Waals surface area contributed by atoms with E-state index in [2.05, 4.69) is 53.4 Å². The zero-order valence-corrected chi connectivity index (χ0v) is 12.4. The molecule has 20 heavy (non-hydrogen) atoms. The number of fused-ring (bicyclic) bond motifs is 3. The van der Waals surface area contributed by atoms with Gasteiger partial charge in [0.05, 0.1) is 25.7 Å². The van der Waals surface area contributed by atoms with E-state index in [0.717, 1.165) is 34.5 Å². The average Bonchev–Trinajstić information content (AvgIpc) is 2.87. The van der Waals surface area contributed by atoms with Crippen LogP contribution in [0.1, 0.15) is 0 Å². The molecular weight excluding hydrogens is 322 g/mol. The van der Waals surface area contributed by atoms with E-state index in [-0.39, 0.29) is 0 Å². The predicted octanol–water partition coefficient (Wildman–Crippen LogP) is -0.183. The average molecular weight is 335 g/mol. The molecule has 0 bridgehead atoms. The first-order valence-corrected chi connectivity index (χ1v) is 7.25. The molecule has 8 heteroatoms. The molecule has 3 aromatic rings. The Labute approximate surface area is 123 Å². The molecule has 1 aliphatic rings. The first-order valence-electron chi connectivity index (χ1n) is 6.45. The molecule has 0 amide bonds. The quantitative estimate of drug-likeness (QED) is 0.703. The molecule has 0 aliphatic carbocycles. The second kappa shape index (κ2) is 4.35. The van der Waals surface area contributed by atoms with E-state index in [9.17, 15) is 0 Å². The maximum absolute atomic E-state index is 4.66. The van der Waals surface area contributed by atoms with Gasteiger partial charge in [-0.25, -0.2) is 9.97 Å². The summed E-state index contributed by atoms with van der Waals surface area (Å²) in [6.07, 6.45) is 3.47. The summed E-state index contributed by atoms with van der Waals surface area (Å²) in [5.41, 5.74) is 2.40. The lowest BCUT2D eigenvalue weighted by atomic mass is 10.1. The molecule has 7 nitrogen and oxygen atoms in total. The highest BCUT2D eigenvalue weighted by molar-refractivity contribution is 9.10. The largest absolute Gasteiger partial charge is 0.343 e. The van der Waals surface area contributed by atoms with E-state index < -0.39 is 0 Å². The molecule has 2 N–H and O–H groups in total. The second-order valence-electron chi connectivity index (χ2n) is 4.95. The Morgan fingerprint density at radius 1 is 1.40 bits per heavy atom. The molecule has 0 radical (unpaired) electrons. The molecular formula is C12H13BrN7+. The molecule has 1 saturated heterocycles. The Bertz CT molecular complexity index is 793. The van der Waals surface area contributed by atoms with E-state index in [1.165, 1.54) is 0 Å². The van der Waals surface area contributed by atoms with Gasteiger partial charge in [-0.05, 0) is 22.0 Å². The summed E-state index contributed by atoms with van der Waals surface area (Å²) in [6.45, 7) is 1.96. The van der Waals surface area contributed by atoms with Crippen molar-refractivity contribution in [2.45, 2.75) is 6.04 Å². The van der Waals surface area contributed by atoms with E-state index in [0.29, 0.717) is 11.7 Å². The normalized spacial score (nSPS) is 16.0. The maximum Gasteiger partial charge on any atom is 0.204 e. The predicted molar refractivity (Wildman–Crippen MR) is 77.6 cm³/mol. The highest BCUT2D eigenvalue weighted by Crippen LogP contribution is 2.26. The van der Waals surface area contributed by atoms with E-state index in [4.69, 9.17) is 0 Å². The van der Waals surface area contributed by atoms with Gasteiger partial charge in [0.2, 0.25) is 5.65 Å². The summed E-state index contributed by atoms with van der Waals surface area (Å²) in [5, 5.41) is 10.5. The fourth-order valence-corrected chi connectivity index (χ4v) is 2.83. The molecule has 3 aromatic heterocycles. The van der Waals surface area contributed by atoms with Crippen molar-refractivity contribution in [3.05, 3.63) is 23.1 Å². The maximum atomic E-state index is 4.66. The van der Waals surface area contributed by atoms with E-state index >= 15 is 0 Å². The Kier molecular flexibility index (Phi) is 2.61. The minimum Gasteiger partial charge on any atom is -0.343 e. The van der Waals surface area contributed by atoms with Crippen LogP contribution in [0.25, 0.3) is 16.8 Å². The number of hydrogen-bond donors (Lipinski definition) is 1. The van der Waals surface area contributed by atoms with Crippen molar-refractivity contribution in [3.8, 4) is 0 Å². The fourth-order valence-electron chi connectivity index (χ4n) is 2.51. The van der Waals surface area contributed by atoms with Crippen LogP contribution in [0.2, 0.25) is 0 Å². The summed E-state index contributed by atoms with van der Waals surface area (Å²) in [5.74, 6) is 0.864. The number of halogens is 1. The topological polar surface area (TPSA) is 75.8 Å². The van der Waals surface area contributed by atoms with Gasteiger partial charge >= 0.3 is 0 Å². The van der Waals surface area contributed by atoms with Crippen LogP contribution in [0, 0.1) is 0 Å². The van der Waals surface area contributed by atoms with Crippen LogP contribution < -0.4 is 10.2 Å². The Hall–Kier alpha value is -1.80. The number of anilines is 1. The highest BCUT2D eigenvalue weighted by atomic mass is 79.9. The third-order valence-electron chi connectivity index (χ3n) is 3.71. The number of pyridine rings is 1. The van der Waals surface area contributed by atoms with E-state index in [1.807, 2.05) is 10.5 Å². The molecule has 0 unspecified atom stereocenters. The van der Waals surface area contributed by atoms with Crippen LogP contribution in [0.3, 0.4) is 0 Å². The van der Waals surface area contributed by atoms with Crippen LogP contribution in [0.15, 0.2) is 23.1 Å². The summed E-state index contributed by atoms with van der Waals surface area (Å²) >= 11 is 3.44. The Morgan fingerprint density at radius 2 is 2.25 bits per heavy atom. The molecule has 0 spiro atoms. The summed E-state index contributed by atoms with van der Waals surface area (Å²) < 4.78 is 2.86. The van der Waals surface area contributed by atoms with Gasteiger partial charge in [0.25, 0.3) is 0 Å². The van der Waals surface area contributed by atoms with Crippen LogP contribution in [-0.2, 0) is 0 Å². The Morgan fingerprint density at radius 3 is 3.05 bits per heavy atom. The standard InChI is InChI=1S/C12H12BrN7/c1-14-8-4-19(5-8)11-12-18-16-6-20(12)9-2-7(13)3-15-10(9)17-11/h2-3,6,8,14H,4-5H2,1H3/p+1. The molecule has 4 heterocycles. The minimum atomic E-state index is 0.633. The monoisotopic (exact) mass is 334 g/mol.